The fraction of sp³-hybridized carbons (Fsp3) is 0.167. The monoisotopic (exact) mass is 297 g/mol. The van der Waals surface area contributed by atoms with E-state index in [9.17, 15) is 0 Å². The molecule has 1 aromatic heterocycles. The van der Waals surface area contributed by atoms with Crippen LogP contribution in [0.4, 0.5) is 5.69 Å². The highest BCUT2D eigenvalue weighted by Crippen LogP contribution is 2.24. The molecule has 0 radical (unpaired) electrons. The van der Waals surface area contributed by atoms with Gasteiger partial charge in [0.2, 0.25) is 0 Å². The van der Waals surface area contributed by atoms with Crippen LogP contribution in [0.15, 0.2) is 45.5 Å². The van der Waals surface area contributed by atoms with Gasteiger partial charge in [0.15, 0.2) is 0 Å². The molecule has 2 nitrogen and oxygen atoms in total. The van der Waals surface area contributed by atoms with Crippen LogP contribution in [0.5, 0.6) is 0 Å². The van der Waals surface area contributed by atoms with Crippen molar-refractivity contribution >= 4 is 33.4 Å². The second-order valence-electron chi connectivity index (χ2n) is 3.43. The van der Waals surface area contributed by atoms with Gasteiger partial charge in [0.1, 0.15) is 5.76 Å². The van der Waals surface area contributed by atoms with Crippen LogP contribution in [0.3, 0.4) is 0 Å². The summed E-state index contributed by atoms with van der Waals surface area (Å²) in [6, 6.07) is 9.96. The number of furan rings is 1. The zero-order valence-corrected chi connectivity index (χ0v) is 11.1. The summed E-state index contributed by atoms with van der Waals surface area (Å²) in [6.45, 7) is 0. The second-order valence-corrected chi connectivity index (χ2v) is 5.27. The molecule has 0 atom stereocenters. The number of rotatable bonds is 4. The zero-order chi connectivity index (χ0) is 11.4. The highest BCUT2D eigenvalue weighted by atomic mass is 79.9. The van der Waals surface area contributed by atoms with Crippen LogP contribution in [-0.4, -0.2) is 0 Å². The molecule has 0 aliphatic carbocycles. The van der Waals surface area contributed by atoms with Crippen molar-refractivity contribution in [3.8, 4) is 0 Å². The normalized spacial score (nSPS) is 10.6. The first kappa shape index (κ1) is 11.6. The van der Waals surface area contributed by atoms with E-state index in [1.54, 1.807) is 6.26 Å². The first-order chi connectivity index (χ1) is 7.75. The van der Waals surface area contributed by atoms with Crippen molar-refractivity contribution in [2.75, 3.05) is 5.73 Å². The summed E-state index contributed by atoms with van der Waals surface area (Å²) in [5, 5.41) is 0. The lowest BCUT2D eigenvalue weighted by atomic mass is 10.2. The van der Waals surface area contributed by atoms with Crippen LogP contribution in [0.25, 0.3) is 0 Å². The molecule has 0 saturated carbocycles. The minimum atomic E-state index is 0.788. The average Bonchev–Trinajstić information content (AvgIpc) is 2.76. The Balaban J connectivity index is 1.87. The van der Waals surface area contributed by atoms with E-state index in [-0.39, 0.29) is 0 Å². The Morgan fingerprint density at radius 3 is 2.81 bits per heavy atom. The Morgan fingerprint density at radius 2 is 2.12 bits per heavy atom. The third kappa shape index (κ3) is 3.06. The van der Waals surface area contributed by atoms with Crippen molar-refractivity contribution in [1.29, 1.82) is 0 Å². The van der Waals surface area contributed by atoms with Crippen molar-refractivity contribution in [3.63, 3.8) is 0 Å². The maximum absolute atomic E-state index is 5.81. The van der Waals surface area contributed by atoms with Crippen LogP contribution < -0.4 is 5.73 Å². The number of anilines is 1. The summed E-state index contributed by atoms with van der Waals surface area (Å²) in [5.41, 5.74) is 7.83. The SMILES string of the molecule is Nc1cc(CSCc2ccco2)ccc1Br. The average molecular weight is 298 g/mol. The minimum absolute atomic E-state index is 0.788. The zero-order valence-electron chi connectivity index (χ0n) is 8.65. The molecule has 16 heavy (non-hydrogen) atoms. The molecule has 2 aromatic rings. The number of nitrogen functional groups attached to an aromatic ring is 1. The molecule has 1 heterocycles. The third-order valence-electron chi connectivity index (χ3n) is 2.15. The second kappa shape index (κ2) is 5.46. The molecule has 0 unspecified atom stereocenters. The van der Waals surface area contributed by atoms with Crippen LogP contribution in [0.1, 0.15) is 11.3 Å². The number of hydrogen-bond acceptors (Lipinski definition) is 3. The maximum Gasteiger partial charge on any atom is 0.113 e. The van der Waals surface area contributed by atoms with E-state index in [2.05, 4.69) is 22.0 Å². The lowest BCUT2D eigenvalue weighted by Gasteiger charge is -2.03. The summed E-state index contributed by atoms with van der Waals surface area (Å²) in [7, 11) is 0. The third-order valence-corrected chi connectivity index (χ3v) is 3.90. The smallest absolute Gasteiger partial charge is 0.113 e. The van der Waals surface area contributed by atoms with Gasteiger partial charge in [0.25, 0.3) is 0 Å². The molecule has 0 saturated heterocycles. The van der Waals surface area contributed by atoms with Gasteiger partial charge in [-0.2, -0.15) is 0 Å². The topological polar surface area (TPSA) is 39.2 Å². The molecule has 0 spiro atoms. The van der Waals surface area contributed by atoms with Crippen molar-refractivity contribution < 1.29 is 4.42 Å². The quantitative estimate of drug-likeness (QED) is 0.865. The van der Waals surface area contributed by atoms with Crippen molar-refractivity contribution in [2.45, 2.75) is 11.5 Å². The fourth-order valence-electron chi connectivity index (χ4n) is 1.35. The highest BCUT2D eigenvalue weighted by molar-refractivity contribution is 9.10. The Bertz CT molecular complexity index is 456. The highest BCUT2D eigenvalue weighted by Gasteiger charge is 2.00. The van der Waals surface area contributed by atoms with Gasteiger partial charge in [-0.3, -0.25) is 0 Å². The molecular formula is C12H12BrNOS. The van der Waals surface area contributed by atoms with Gasteiger partial charge in [0, 0.05) is 15.9 Å². The molecule has 4 heteroatoms. The Morgan fingerprint density at radius 1 is 1.25 bits per heavy atom. The molecule has 0 bridgehead atoms. The summed E-state index contributed by atoms with van der Waals surface area (Å²) >= 11 is 5.20. The van der Waals surface area contributed by atoms with Crippen LogP contribution in [-0.2, 0) is 11.5 Å². The van der Waals surface area contributed by atoms with Crippen molar-refractivity contribution in [1.82, 2.24) is 0 Å². The molecule has 1 aromatic carbocycles. The molecular weight excluding hydrogens is 286 g/mol. The number of halogens is 1. The lowest BCUT2D eigenvalue weighted by molar-refractivity contribution is 0.530. The lowest BCUT2D eigenvalue weighted by Crippen LogP contribution is -1.89. The Hall–Kier alpha value is -0.870. The molecule has 2 N–H and O–H groups in total. The Kier molecular flexibility index (Phi) is 3.96. The van der Waals surface area contributed by atoms with E-state index in [4.69, 9.17) is 10.2 Å². The number of nitrogens with two attached hydrogens (primary N) is 1. The first-order valence-corrected chi connectivity index (χ1v) is 6.84. The maximum atomic E-state index is 5.81. The predicted octanol–water partition coefficient (Wildman–Crippen LogP) is 4.06. The van der Waals surface area contributed by atoms with Gasteiger partial charge in [-0.1, -0.05) is 6.07 Å². The number of benzene rings is 1. The summed E-state index contributed by atoms with van der Waals surface area (Å²) < 4.78 is 6.21. The van der Waals surface area contributed by atoms with E-state index in [0.717, 1.165) is 27.4 Å². The fourth-order valence-corrected chi connectivity index (χ4v) is 2.48. The largest absolute Gasteiger partial charge is 0.468 e. The molecule has 2 rings (SSSR count). The molecule has 0 fully saturated rings. The standard InChI is InChI=1S/C12H12BrNOS/c13-11-4-3-9(6-12(11)14)7-16-8-10-2-1-5-15-10/h1-6H,7-8,14H2. The number of thioether (sulfide) groups is 1. The van der Waals surface area contributed by atoms with Crippen molar-refractivity contribution in [3.05, 3.63) is 52.4 Å². The van der Waals surface area contributed by atoms with Gasteiger partial charge in [-0.25, -0.2) is 0 Å². The van der Waals surface area contributed by atoms with E-state index in [1.165, 1.54) is 5.56 Å². The van der Waals surface area contributed by atoms with E-state index in [0.29, 0.717) is 0 Å². The van der Waals surface area contributed by atoms with E-state index >= 15 is 0 Å². The molecule has 0 aliphatic rings. The first-order valence-electron chi connectivity index (χ1n) is 4.90. The minimum Gasteiger partial charge on any atom is -0.468 e. The molecule has 0 aliphatic heterocycles. The van der Waals surface area contributed by atoms with Gasteiger partial charge in [-0.15, -0.1) is 11.8 Å². The molecule has 84 valence electrons. The van der Waals surface area contributed by atoms with Gasteiger partial charge in [-0.05, 0) is 45.8 Å². The summed E-state index contributed by atoms with van der Waals surface area (Å²) in [6.07, 6.45) is 1.70. The van der Waals surface area contributed by atoms with Gasteiger partial charge in [0.05, 0.1) is 12.0 Å². The van der Waals surface area contributed by atoms with E-state index < -0.39 is 0 Å². The number of hydrogen-bond donors (Lipinski definition) is 1. The van der Waals surface area contributed by atoms with Gasteiger partial charge < -0.3 is 10.2 Å². The summed E-state index contributed by atoms with van der Waals surface area (Å²) in [4.78, 5) is 0. The van der Waals surface area contributed by atoms with E-state index in [1.807, 2.05) is 36.0 Å². The van der Waals surface area contributed by atoms with Crippen LogP contribution in [0, 0.1) is 0 Å². The van der Waals surface area contributed by atoms with Crippen LogP contribution in [0.2, 0.25) is 0 Å². The predicted molar refractivity (Wildman–Crippen MR) is 72.3 cm³/mol. The van der Waals surface area contributed by atoms with Crippen LogP contribution >= 0.6 is 27.7 Å². The van der Waals surface area contributed by atoms with Gasteiger partial charge >= 0.3 is 0 Å². The summed E-state index contributed by atoms with van der Waals surface area (Å²) in [5.74, 6) is 2.84. The molecule has 0 amide bonds. The Labute approximate surface area is 107 Å². The van der Waals surface area contributed by atoms with Crippen molar-refractivity contribution in [2.24, 2.45) is 0 Å².